The molecule has 3 rings (SSSR count). The summed E-state index contributed by atoms with van der Waals surface area (Å²) in [4.78, 5) is 2.80. The van der Waals surface area contributed by atoms with Gasteiger partial charge in [-0.1, -0.05) is 13.3 Å². The monoisotopic (exact) mass is 179 g/mol. The van der Waals surface area contributed by atoms with Gasteiger partial charge in [0.1, 0.15) is 0 Å². The van der Waals surface area contributed by atoms with E-state index in [1.165, 1.54) is 51.6 Å². The fourth-order valence-electron chi connectivity index (χ4n) is 3.34. The lowest BCUT2D eigenvalue weighted by atomic mass is 9.70. The Labute approximate surface area is 81.5 Å². The van der Waals surface area contributed by atoms with Crippen molar-refractivity contribution in [1.82, 2.24) is 4.90 Å². The number of nitrogens with zero attached hydrogens (tertiary/aromatic N) is 1. The number of piperidine rings is 1. The lowest BCUT2D eigenvalue weighted by molar-refractivity contribution is 0.0685. The first kappa shape index (κ1) is 8.28. The van der Waals surface area contributed by atoms with Crippen LogP contribution in [0.15, 0.2) is 0 Å². The summed E-state index contributed by atoms with van der Waals surface area (Å²) in [7, 11) is 0. The first-order valence-electron chi connectivity index (χ1n) is 6.01. The van der Waals surface area contributed by atoms with Gasteiger partial charge in [-0.3, -0.25) is 4.90 Å². The Hall–Kier alpha value is -0.0400. The van der Waals surface area contributed by atoms with Gasteiger partial charge >= 0.3 is 0 Å². The smallest absolute Gasteiger partial charge is 0.0128 e. The zero-order valence-corrected chi connectivity index (χ0v) is 8.76. The van der Waals surface area contributed by atoms with Gasteiger partial charge in [-0.05, 0) is 50.0 Å². The van der Waals surface area contributed by atoms with Gasteiger partial charge in [0, 0.05) is 12.6 Å². The van der Waals surface area contributed by atoms with Crippen LogP contribution in [-0.2, 0) is 0 Å². The molecule has 0 aromatic carbocycles. The summed E-state index contributed by atoms with van der Waals surface area (Å²) in [5.41, 5.74) is 0.713. The maximum atomic E-state index is 2.80. The topological polar surface area (TPSA) is 3.24 Å². The van der Waals surface area contributed by atoms with E-state index in [4.69, 9.17) is 0 Å². The quantitative estimate of drug-likeness (QED) is 0.630. The number of rotatable bonds is 2. The van der Waals surface area contributed by atoms with Crippen molar-refractivity contribution < 1.29 is 0 Å². The zero-order valence-electron chi connectivity index (χ0n) is 8.76. The molecule has 1 aliphatic heterocycles. The molecule has 74 valence electrons. The molecular formula is C12H21N. The number of hydrogen-bond donors (Lipinski definition) is 0. The third kappa shape index (κ3) is 1.41. The van der Waals surface area contributed by atoms with Crippen LogP contribution in [0.2, 0.25) is 0 Å². The molecule has 0 spiro atoms. The van der Waals surface area contributed by atoms with E-state index < -0.39 is 0 Å². The summed E-state index contributed by atoms with van der Waals surface area (Å²) in [5, 5.41) is 0. The first-order valence-corrected chi connectivity index (χ1v) is 6.01. The average molecular weight is 179 g/mol. The van der Waals surface area contributed by atoms with E-state index >= 15 is 0 Å². The molecule has 1 saturated heterocycles. The minimum atomic E-state index is 0.713. The van der Waals surface area contributed by atoms with E-state index in [1.807, 2.05) is 0 Å². The van der Waals surface area contributed by atoms with Crippen molar-refractivity contribution in [2.45, 2.75) is 51.5 Å². The number of hydrogen-bond acceptors (Lipinski definition) is 1. The Balaban J connectivity index is 1.59. The second kappa shape index (κ2) is 2.73. The van der Waals surface area contributed by atoms with Crippen molar-refractivity contribution in [2.75, 3.05) is 13.1 Å². The minimum absolute atomic E-state index is 0.713. The second-order valence-electron chi connectivity index (χ2n) is 5.84. The van der Waals surface area contributed by atoms with Crippen molar-refractivity contribution >= 4 is 0 Å². The molecule has 0 bridgehead atoms. The molecule has 0 aromatic rings. The molecule has 0 aromatic heterocycles. The summed E-state index contributed by atoms with van der Waals surface area (Å²) >= 11 is 0. The van der Waals surface area contributed by atoms with Gasteiger partial charge in [0.15, 0.2) is 0 Å². The fourth-order valence-corrected chi connectivity index (χ4v) is 3.34. The molecule has 1 nitrogen and oxygen atoms in total. The molecule has 0 amide bonds. The molecule has 2 saturated carbocycles. The Morgan fingerprint density at radius 1 is 1.31 bits per heavy atom. The van der Waals surface area contributed by atoms with Gasteiger partial charge in [-0.15, -0.1) is 0 Å². The highest BCUT2D eigenvalue weighted by atomic mass is 15.2. The van der Waals surface area contributed by atoms with Gasteiger partial charge in [-0.25, -0.2) is 0 Å². The van der Waals surface area contributed by atoms with Crippen LogP contribution in [0.3, 0.4) is 0 Å². The molecule has 3 fully saturated rings. The Morgan fingerprint density at radius 3 is 2.85 bits per heavy atom. The summed E-state index contributed by atoms with van der Waals surface area (Å²) in [6.07, 6.45) is 8.98. The van der Waals surface area contributed by atoms with Crippen LogP contribution in [0.4, 0.5) is 0 Å². The van der Waals surface area contributed by atoms with Crippen LogP contribution in [0, 0.1) is 11.3 Å². The van der Waals surface area contributed by atoms with Crippen LogP contribution in [0.25, 0.3) is 0 Å². The van der Waals surface area contributed by atoms with Crippen LogP contribution in [-0.4, -0.2) is 24.0 Å². The van der Waals surface area contributed by atoms with Gasteiger partial charge in [0.2, 0.25) is 0 Å². The molecule has 1 heteroatoms. The van der Waals surface area contributed by atoms with E-state index in [9.17, 15) is 0 Å². The van der Waals surface area contributed by atoms with Crippen LogP contribution >= 0.6 is 0 Å². The first-order chi connectivity index (χ1) is 6.27. The van der Waals surface area contributed by atoms with Crippen LogP contribution < -0.4 is 0 Å². The molecule has 3 aliphatic rings. The van der Waals surface area contributed by atoms with E-state index in [0.29, 0.717) is 5.41 Å². The number of likely N-dealkylation sites (tertiary alicyclic amines) is 1. The van der Waals surface area contributed by atoms with Gasteiger partial charge in [0.05, 0.1) is 0 Å². The highest BCUT2D eigenvalue weighted by Crippen LogP contribution is 2.47. The van der Waals surface area contributed by atoms with Gasteiger partial charge in [-0.2, -0.15) is 0 Å². The summed E-state index contributed by atoms with van der Waals surface area (Å²) < 4.78 is 0. The van der Waals surface area contributed by atoms with Crippen molar-refractivity contribution in [1.29, 1.82) is 0 Å². The molecule has 0 unspecified atom stereocenters. The Morgan fingerprint density at radius 2 is 2.15 bits per heavy atom. The molecule has 2 aliphatic carbocycles. The zero-order chi connectivity index (χ0) is 8.89. The van der Waals surface area contributed by atoms with Crippen molar-refractivity contribution in [3.63, 3.8) is 0 Å². The molecule has 2 atom stereocenters. The average Bonchev–Trinajstić information content (AvgIpc) is 2.81. The molecule has 0 radical (unpaired) electrons. The molecule has 13 heavy (non-hydrogen) atoms. The normalized spacial score (nSPS) is 42.2. The van der Waals surface area contributed by atoms with Crippen LogP contribution in [0.5, 0.6) is 0 Å². The maximum absolute atomic E-state index is 2.80. The molecular weight excluding hydrogens is 158 g/mol. The summed E-state index contributed by atoms with van der Waals surface area (Å²) in [5.74, 6) is 1.11. The standard InChI is InChI=1S/C12H21N/c1-12(5-3-6-12)9-13-7-2-4-10-8-11(10)13/h10-11H,2-9H2,1H3/t10-,11+/m1/s1. The molecule has 0 N–H and O–H groups in total. The second-order valence-corrected chi connectivity index (χ2v) is 5.84. The largest absolute Gasteiger partial charge is 0.300 e. The SMILES string of the molecule is CC1(CN2CCC[C@@H]3C[C@@H]32)CCC1. The highest BCUT2D eigenvalue weighted by molar-refractivity contribution is 5.00. The highest BCUT2D eigenvalue weighted by Gasteiger charge is 2.46. The van der Waals surface area contributed by atoms with Crippen molar-refractivity contribution in [3.05, 3.63) is 0 Å². The van der Waals surface area contributed by atoms with Gasteiger partial charge < -0.3 is 0 Å². The van der Waals surface area contributed by atoms with Crippen molar-refractivity contribution in [2.24, 2.45) is 11.3 Å². The van der Waals surface area contributed by atoms with E-state index in [0.717, 1.165) is 12.0 Å². The van der Waals surface area contributed by atoms with E-state index in [2.05, 4.69) is 11.8 Å². The Bertz CT molecular complexity index is 207. The number of fused-ring (bicyclic) bond motifs is 1. The summed E-state index contributed by atoms with van der Waals surface area (Å²) in [6.45, 7) is 5.30. The fraction of sp³-hybridized carbons (Fsp3) is 1.00. The lowest BCUT2D eigenvalue weighted by Gasteiger charge is -2.43. The van der Waals surface area contributed by atoms with E-state index in [1.54, 1.807) is 0 Å². The van der Waals surface area contributed by atoms with Crippen LogP contribution in [0.1, 0.15) is 45.4 Å². The summed E-state index contributed by atoms with van der Waals surface area (Å²) in [6, 6.07) is 1.02. The minimum Gasteiger partial charge on any atom is -0.300 e. The van der Waals surface area contributed by atoms with Crippen molar-refractivity contribution in [3.8, 4) is 0 Å². The predicted octanol–water partition coefficient (Wildman–Crippen LogP) is 2.66. The predicted molar refractivity (Wildman–Crippen MR) is 54.7 cm³/mol. The van der Waals surface area contributed by atoms with E-state index in [-0.39, 0.29) is 0 Å². The maximum Gasteiger partial charge on any atom is 0.0128 e. The third-order valence-electron chi connectivity index (χ3n) is 4.52. The van der Waals surface area contributed by atoms with Gasteiger partial charge in [0.25, 0.3) is 0 Å². The Kier molecular flexibility index (Phi) is 1.74. The molecule has 1 heterocycles. The lowest BCUT2D eigenvalue weighted by Crippen LogP contribution is -2.43. The third-order valence-corrected chi connectivity index (χ3v) is 4.52.